The Bertz CT molecular complexity index is 3550. The summed E-state index contributed by atoms with van der Waals surface area (Å²) in [6.45, 7) is 4.72. The summed E-state index contributed by atoms with van der Waals surface area (Å²) in [5.41, 5.74) is 32.6. The van der Waals surface area contributed by atoms with Gasteiger partial charge in [0, 0.05) is 38.6 Å². The second-order valence-electron chi connectivity index (χ2n) is 20.0. The van der Waals surface area contributed by atoms with Crippen LogP contribution in [0.3, 0.4) is 0 Å². The molecule has 0 atom stereocenters. The fraction of sp³-hybridized carbons (Fsp3) is 0.0625. The lowest BCUT2D eigenvalue weighted by atomic mass is 9.56. The largest absolute Gasteiger partial charge is 0.309 e. The second kappa shape index (κ2) is 15.7. The molecule has 66 heavy (non-hydrogen) atoms. The number of rotatable bonds is 5. The van der Waals surface area contributed by atoms with Crippen molar-refractivity contribution in [3.63, 3.8) is 0 Å². The van der Waals surface area contributed by atoms with E-state index in [2.05, 4.69) is 213 Å². The van der Waals surface area contributed by atoms with Gasteiger partial charge in [0.25, 0.3) is 0 Å². The standard InChI is InChI=1S/C48H48B14N4/c1-48(2)23-12-5-3-10-19(23)21-15-22-20-11-4-6-13-25(20)66(26(22)16-24(21)48)18-9-7-8-17(14-18)45-63-46(65-47(64-45)30-37(55)41(59)44(62)42(60)38(30)56)29-35(53)31(49)27(32(50)36(29)54)28-33(51)39(57)43(61)40(58)34(28)52/h3-16H,49-62H2,1-2H3. The first-order valence-electron chi connectivity index (χ1n) is 23.6. The van der Waals surface area contributed by atoms with Gasteiger partial charge in [0.2, 0.25) is 0 Å². The van der Waals surface area contributed by atoms with E-state index < -0.39 is 0 Å². The van der Waals surface area contributed by atoms with Crippen LogP contribution in [0.25, 0.3) is 83.9 Å². The fourth-order valence-electron chi connectivity index (χ4n) is 11.7. The minimum Gasteiger partial charge on any atom is -0.309 e. The molecule has 0 N–H and O–H groups in total. The second-order valence-corrected chi connectivity index (χ2v) is 20.0. The highest BCUT2D eigenvalue weighted by Crippen LogP contribution is 2.51. The molecule has 0 bridgehead atoms. The van der Waals surface area contributed by atoms with Gasteiger partial charge >= 0.3 is 0 Å². The average Bonchev–Trinajstić information content (AvgIpc) is 3.76. The Labute approximate surface area is 402 Å². The molecule has 0 saturated carbocycles. The van der Waals surface area contributed by atoms with E-state index >= 15 is 0 Å². The number of benzene rings is 7. The third-order valence-corrected chi connectivity index (χ3v) is 16.7. The van der Waals surface area contributed by atoms with Crippen LogP contribution in [0.15, 0.2) is 84.9 Å². The molecule has 7 aromatic carbocycles. The molecule has 1 aliphatic carbocycles. The molecule has 18 heteroatoms. The summed E-state index contributed by atoms with van der Waals surface area (Å²) in [6.07, 6.45) is 0. The molecule has 0 saturated heterocycles. The topological polar surface area (TPSA) is 43.6 Å². The van der Waals surface area contributed by atoms with Crippen molar-refractivity contribution < 1.29 is 0 Å². The monoisotopic (exact) mass is 835 g/mol. The molecular formula is C48H48B14N4. The van der Waals surface area contributed by atoms with Crippen molar-refractivity contribution in [2.24, 2.45) is 0 Å². The smallest absolute Gasteiger partial charge is 0.164 e. The summed E-state index contributed by atoms with van der Waals surface area (Å²) >= 11 is 0. The number of aromatic nitrogens is 4. The predicted molar refractivity (Wildman–Crippen MR) is 328 cm³/mol. The third kappa shape index (κ3) is 6.29. The molecule has 9 aromatic rings. The van der Waals surface area contributed by atoms with Gasteiger partial charge in [0.15, 0.2) is 17.5 Å². The molecule has 302 valence electrons. The van der Waals surface area contributed by atoms with Crippen LogP contribution in [-0.2, 0) is 5.41 Å². The van der Waals surface area contributed by atoms with Gasteiger partial charge in [0.1, 0.15) is 110 Å². The van der Waals surface area contributed by atoms with Crippen molar-refractivity contribution in [3.05, 3.63) is 96.1 Å². The van der Waals surface area contributed by atoms with Crippen molar-refractivity contribution in [2.75, 3.05) is 0 Å². The molecule has 2 heterocycles. The normalized spacial score (nSPS) is 12.8. The van der Waals surface area contributed by atoms with Crippen LogP contribution >= 0.6 is 0 Å². The van der Waals surface area contributed by atoms with Gasteiger partial charge in [-0.15, -0.1) is 32.8 Å². The van der Waals surface area contributed by atoms with E-state index in [0.717, 1.165) is 22.4 Å². The summed E-state index contributed by atoms with van der Waals surface area (Å²) in [4.78, 5) is 16.5. The Balaban J connectivity index is 1.22. The molecular weight excluding hydrogens is 784 g/mol. The van der Waals surface area contributed by atoms with Gasteiger partial charge in [-0.1, -0.05) is 112 Å². The van der Waals surface area contributed by atoms with Gasteiger partial charge in [-0.2, -0.15) is 0 Å². The first-order valence-corrected chi connectivity index (χ1v) is 23.6. The summed E-state index contributed by atoms with van der Waals surface area (Å²) in [5.74, 6) is 2.09. The number of hydrogen-bond acceptors (Lipinski definition) is 3. The maximum atomic E-state index is 5.51. The van der Waals surface area contributed by atoms with E-state index in [-0.39, 0.29) is 5.41 Å². The highest BCUT2D eigenvalue weighted by atomic mass is 15.0. The van der Waals surface area contributed by atoms with Crippen LogP contribution in [0, 0.1) is 0 Å². The van der Waals surface area contributed by atoms with Gasteiger partial charge in [-0.05, 0) is 63.7 Å². The zero-order chi connectivity index (χ0) is 47.0. The minimum atomic E-state index is -0.120. The number of hydrogen-bond donors (Lipinski definition) is 0. The first kappa shape index (κ1) is 44.1. The fourth-order valence-corrected chi connectivity index (χ4v) is 11.7. The van der Waals surface area contributed by atoms with Crippen molar-refractivity contribution in [3.8, 4) is 62.1 Å². The van der Waals surface area contributed by atoms with Gasteiger partial charge < -0.3 is 4.57 Å². The highest BCUT2D eigenvalue weighted by molar-refractivity contribution is 6.71. The van der Waals surface area contributed by atoms with Crippen molar-refractivity contribution >= 4 is 208 Å². The molecule has 0 spiro atoms. The predicted octanol–water partition coefficient (Wildman–Crippen LogP) is -12.4. The van der Waals surface area contributed by atoms with E-state index in [1.807, 2.05) is 0 Å². The number of nitrogens with zero attached hydrogens (tertiary/aromatic N) is 4. The molecule has 0 unspecified atom stereocenters. The van der Waals surface area contributed by atoms with E-state index in [0.29, 0.717) is 17.5 Å². The highest BCUT2D eigenvalue weighted by Gasteiger charge is 2.36. The maximum absolute atomic E-state index is 5.51. The van der Waals surface area contributed by atoms with Crippen LogP contribution < -0.4 is 76.5 Å². The zero-order valence-electron chi connectivity index (χ0n) is 41.9. The Morgan fingerprint density at radius 3 is 1.39 bits per heavy atom. The molecule has 0 radical (unpaired) electrons. The molecule has 0 amide bonds. The lowest BCUT2D eigenvalue weighted by Gasteiger charge is -2.27. The maximum Gasteiger partial charge on any atom is 0.164 e. The number of fused-ring (bicyclic) bond motifs is 6. The van der Waals surface area contributed by atoms with Crippen molar-refractivity contribution in [1.29, 1.82) is 0 Å². The van der Waals surface area contributed by atoms with Gasteiger partial charge in [-0.3, -0.25) is 0 Å². The quantitative estimate of drug-likeness (QED) is 0.162. The Kier molecular flexibility index (Phi) is 10.5. The SMILES string of the molecule is Bc1c(B)c(B)c(-c2nc(-c3cccc(-n4c5ccccc5c5cc6c(cc54)C(C)(C)c4ccccc4-6)c3)nc(-c3c(B)c(B)c(-c4c(B)c(B)c(B)c(B)c4B)c(B)c3B)n2)c(B)c1B. The van der Waals surface area contributed by atoms with Crippen molar-refractivity contribution in [1.82, 2.24) is 19.5 Å². The first-order chi connectivity index (χ1) is 31.3. The molecule has 0 fully saturated rings. The average molecular weight is 832 g/mol. The Hall–Kier alpha value is -5.74. The third-order valence-electron chi connectivity index (χ3n) is 16.7. The van der Waals surface area contributed by atoms with Crippen LogP contribution in [-0.4, -0.2) is 129 Å². The van der Waals surface area contributed by atoms with Crippen LogP contribution in [0.4, 0.5) is 0 Å². The molecule has 0 aliphatic heterocycles. The summed E-state index contributed by atoms with van der Waals surface area (Å²) in [6, 6.07) is 31.5. The Morgan fingerprint density at radius 1 is 0.364 bits per heavy atom. The minimum absolute atomic E-state index is 0.120. The number of para-hydroxylation sites is 1. The van der Waals surface area contributed by atoms with Crippen LogP contribution in [0.5, 0.6) is 0 Å². The lowest BCUT2D eigenvalue weighted by molar-refractivity contribution is 0.661. The Morgan fingerprint density at radius 2 is 0.818 bits per heavy atom. The summed E-state index contributed by atoms with van der Waals surface area (Å²) in [7, 11) is 31.6. The summed E-state index contributed by atoms with van der Waals surface area (Å²) in [5, 5.41) is 2.50. The van der Waals surface area contributed by atoms with Crippen LogP contribution in [0.2, 0.25) is 0 Å². The zero-order valence-corrected chi connectivity index (χ0v) is 41.9. The van der Waals surface area contributed by atoms with Gasteiger partial charge in [0.05, 0.1) is 11.0 Å². The van der Waals surface area contributed by atoms with Gasteiger partial charge in [-0.25, -0.2) is 15.0 Å². The van der Waals surface area contributed by atoms with E-state index in [1.165, 1.54) is 132 Å². The van der Waals surface area contributed by atoms with E-state index in [9.17, 15) is 0 Å². The van der Waals surface area contributed by atoms with Crippen LogP contribution in [0.1, 0.15) is 25.0 Å². The van der Waals surface area contributed by atoms with E-state index in [1.54, 1.807) is 0 Å². The summed E-state index contributed by atoms with van der Waals surface area (Å²) < 4.78 is 2.44. The molecule has 2 aromatic heterocycles. The molecule has 1 aliphatic rings. The van der Waals surface area contributed by atoms with Crippen molar-refractivity contribution in [2.45, 2.75) is 19.3 Å². The molecule has 10 rings (SSSR count). The lowest BCUT2D eigenvalue weighted by Crippen LogP contribution is -2.57. The van der Waals surface area contributed by atoms with E-state index in [4.69, 9.17) is 15.0 Å². The molecule has 4 nitrogen and oxygen atoms in total.